The highest BCUT2D eigenvalue weighted by Crippen LogP contribution is 2.31. The summed E-state index contributed by atoms with van der Waals surface area (Å²) in [6, 6.07) is 8.58. The summed E-state index contributed by atoms with van der Waals surface area (Å²) < 4.78 is 24.8. The number of hydrogen-bond donors (Lipinski definition) is 1. The molecule has 0 aliphatic heterocycles. The molecule has 0 saturated heterocycles. The lowest BCUT2D eigenvalue weighted by atomic mass is 10.1. The summed E-state index contributed by atoms with van der Waals surface area (Å²) >= 11 is 0. The molecule has 0 radical (unpaired) electrons. The average molecular weight is 273 g/mol. The number of benzene rings is 1. The van der Waals surface area contributed by atoms with E-state index in [2.05, 4.69) is 5.32 Å². The van der Waals surface area contributed by atoms with Crippen molar-refractivity contribution in [1.29, 1.82) is 0 Å². The number of rotatable bonds is 4. The summed E-state index contributed by atoms with van der Waals surface area (Å²) in [5, 5.41) is 4.11. The Balaban J connectivity index is 2.10. The van der Waals surface area contributed by atoms with Gasteiger partial charge in [0.05, 0.1) is 12.3 Å². The Bertz CT molecular complexity index is 729. The largest absolute Gasteiger partial charge is 0.469 e. The summed E-state index contributed by atoms with van der Waals surface area (Å²) in [5.41, 5.74) is 1.30. The van der Waals surface area contributed by atoms with Crippen molar-refractivity contribution in [3.8, 4) is 0 Å². The van der Waals surface area contributed by atoms with Crippen molar-refractivity contribution < 1.29 is 13.2 Å². The number of nitrogens with one attached hydrogen (secondary N) is 1. The smallest absolute Gasteiger partial charge is 0.169 e. The van der Waals surface area contributed by atoms with Gasteiger partial charge in [0, 0.05) is 10.9 Å². The molecule has 3 nitrogen and oxygen atoms in total. The standard InChI is InChI=1S/C16H16FNO2/c1-3-18-15(12-7-8-19-10(12)2)14-9-11-5-4-6-13(17)16(11)20-14/h4-9,15,18H,3H2,1-2H3. The first kappa shape index (κ1) is 12.9. The fourth-order valence-electron chi connectivity index (χ4n) is 2.45. The molecule has 2 aromatic heterocycles. The molecule has 0 bridgehead atoms. The normalized spacial score (nSPS) is 12.9. The molecule has 3 rings (SSSR count). The van der Waals surface area contributed by atoms with Crippen LogP contribution in [0.1, 0.15) is 30.0 Å². The fourth-order valence-corrected chi connectivity index (χ4v) is 2.45. The van der Waals surface area contributed by atoms with Crippen LogP contribution in [0.25, 0.3) is 11.0 Å². The average Bonchev–Trinajstić information content (AvgIpc) is 3.03. The van der Waals surface area contributed by atoms with Gasteiger partial charge in [-0.2, -0.15) is 0 Å². The molecule has 1 atom stereocenters. The Labute approximate surface area is 116 Å². The minimum atomic E-state index is -0.340. The van der Waals surface area contributed by atoms with Gasteiger partial charge in [-0.25, -0.2) is 4.39 Å². The topological polar surface area (TPSA) is 38.3 Å². The van der Waals surface area contributed by atoms with E-state index in [0.29, 0.717) is 11.3 Å². The maximum absolute atomic E-state index is 13.7. The second-order valence-corrected chi connectivity index (χ2v) is 4.73. The van der Waals surface area contributed by atoms with Crippen molar-refractivity contribution in [3.63, 3.8) is 0 Å². The van der Waals surface area contributed by atoms with E-state index in [4.69, 9.17) is 8.83 Å². The van der Waals surface area contributed by atoms with Crippen LogP contribution in [0.4, 0.5) is 4.39 Å². The molecule has 0 spiro atoms. The molecular formula is C16H16FNO2. The first-order valence-electron chi connectivity index (χ1n) is 6.66. The van der Waals surface area contributed by atoms with E-state index >= 15 is 0 Å². The van der Waals surface area contributed by atoms with Gasteiger partial charge in [-0.3, -0.25) is 0 Å². The number of fused-ring (bicyclic) bond motifs is 1. The van der Waals surface area contributed by atoms with Gasteiger partial charge in [-0.05, 0) is 31.7 Å². The van der Waals surface area contributed by atoms with Crippen LogP contribution in [0, 0.1) is 12.7 Å². The molecule has 0 amide bonds. The van der Waals surface area contributed by atoms with E-state index in [1.54, 1.807) is 12.3 Å². The van der Waals surface area contributed by atoms with Crippen LogP contribution in [0.15, 0.2) is 45.4 Å². The first-order chi connectivity index (χ1) is 9.70. The third kappa shape index (κ3) is 2.12. The van der Waals surface area contributed by atoms with Crippen LogP contribution >= 0.6 is 0 Å². The monoisotopic (exact) mass is 273 g/mol. The van der Waals surface area contributed by atoms with Gasteiger partial charge in [-0.15, -0.1) is 0 Å². The molecule has 1 aromatic carbocycles. The zero-order chi connectivity index (χ0) is 14.1. The van der Waals surface area contributed by atoms with Gasteiger partial charge in [0.2, 0.25) is 0 Å². The van der Waals surface area contributed by atoms with Crippen LogP contribution in [-0.2, 0) is 0 Å². The lowest BCUT2D eigenvalue weighted by Crippen LogP contribution is -2.21. The highest BCUT2D eigenvalue weighted by molar-refractivity contribution is 5.78. The minimum Gasteiger partial charge on any atom is -0.469 e. The van der Waals surface area contributed by atoms with Crippen molar-refractivity contribution in [2.24, 2.45) is 0 Å². The van der Waals surface area contributed by atoms with Gasteiger partial charge in [-0.1, -0.05) is 19.1 Å². The van der Waals surface area contributed by atoms with E-state index in [9.17, 15) is 4.39 Å². The molecule has 2 heterocycles. The highest BCUT2D eigenvalue weighted by Gasteiger charge is 2.21. The van der Waals surface area contributed by atoms with Crippen LogP contribution in [0.3, 0.4) is 0 Å². The van der Waals surface area contributed by atoms with Crippen molar-refractivity contribution in [1.82, 2.24) is 5.32 Å². The molecule has 0 aliphatic carbocycles. The Hall–Kier alpha value is -2.07. The Kier molecular flexibility index (Phi) is 3.32. The van der Waals surface area contributed by atoms with Crippen LogP contribution in [0.2, 0.25) is 0 Å². The van der Waals surface area contributed by atoms with E-state index in [0.717, 1.165) is 23.3 Å². The van der Waals surface area contributed by atoms with Gasteiger partial charge in [0.1, 0.15) is 11.5 Å². The quantitative estimate of drug-likeness (QED) is 0.775. The Morgan fingerprint density at radius 1 is 1.30 bits per heavy atom. The second kappa shape index (κ2) is 5.13. The number of para-hydroxylation sites is 1. The van der Waals surface area contributed by atoms with Gasteiger partial charge < -0.3 is 14.2 Å². The molecular weight excluding hydrogens is 257 g/mol. The predicted octanol–water partition coefficient (Wildman–Crippen LogP) is 4.17. The summed E-state index contributed by atoms with van der Waals surface area (Å²) in [6.45, 7) is 4.70. The third-order valence-corrected chi connectivity index (χ3v) is 3.42. The van der Waals surface area contributed by atoms with E-state index < -0.39 is 0 Å². The molecule has 0 fully saturated rings. The maximum Gasteiger partial charge on any atom is 0.169 e. The zero-order valence-electron chi connectivity index (χ0n) is 11.4. The Morgan fingerprint density at radius 3 is 2.80 bits per heavy atom. The molecule has 3 aromatic rings. The van der Waals surface area contributed by atoms with Crippen molar-refractivity contribution in [2.45, 2.75) is 19.9 Å². The highest BCUT2D eigenvalue weighted by atomic mass is 19.1. The summed E-state index contributed by atoms with van der Waals surface area (Å²) in [5.74, 6) is 1.18. The fraction of sp³-hybridized carbons (Fsp3) is 0.250. The van der Waals surface area contributed by atoms with E-state index in [1.807, 2.05) is 32.0 Å². The van der Waals surface area contributed by atoms with Crippen molar-refractivity contribution in [3.05, 3.63) is 59.5 Å². The zero-order valence-corrected chi connectivity index (χ0v) is 11.4. The molecule has 104 valence electrons. The van der Waals surface area contributed by atoms with Crippen molar-refractivity contribution in [2.75, 3.05) is 6.54 Å². The lowest BCUT2D eigenvalue weighted by molar-refractivity contribution is 0.456. The SMILES string of the molecule is CCNC(c1cc2cccc(F)c2o1)c1ccoc1C. The van der Waals surface area contributed by atoms with Gasteiger partial charge >= 0.3 is 0 Å². The molecule has 20 heavy (non-hydrogen) atoms. The first-order valence-corrected chi connectivity index (χ1v) is 6.66. The lowest BCUT2D eigenvalue weighted by Gasteiger charge is -2.14. The third-order valence-electron chi connectivity index (χ3n) is 3.42. The summed E-state index contributed by atoms with van der Waals surface area (Å²) in [7, 11) is 0. The molecule has 4 heteroatoms. The maximum atomic E-state index is 13.7. The molecule has 1 unspecified atom stereocenters. The summed E-state index contributed by atoms with van der Waals surface area (Å²) in [4.78, 5) is 0. The van der Waals surface area contributed by atoms with Gasteiger partial charge in [0.15, 0.2) is 11.4 Å². The Morgan fingerprint density at radius 2 is 2.15 bits per heavy atom. The van der Waals surface area contributed by atoms with Crippen LogP contribution < -0.4 is 5.32 Å². The number of hydrogen-bond acceptors (Lipinski definition) is 3. The number of aryl methyl sites for hydroxylation is 1. The second-order valence-electron chi connectivity index (χ2n) is 4.73. The molecule has 0 saturated carbocycles. The molecule has 1 N–H and O–H groups in total. The number of furan rings is 2. The van der Waals surface area contributed by atoms with Crippen molar-refractivity contribution >= 4 is 11.0 Å². The minimum absolute atomic E-state index is 0.134. The molecule has 0 aliphatic rings. The van der Waals surface area contributed by atoms with Gasteiger partial charge in [0.25, 0.3) is 0 Å². The summed E-state index contributed by atoms with van der Waals surface area (Å²) in [6.07, 6.45) is 1.65. The predicted molar refractivity (Wildman–Crippen MR) is 75.1 cm³/mol. The van der Waals surface area contributed by atoms with E-state index in [1.165, 1.54) is 6.07 Å². The van der Waals surface area contributed by atoms with Crippen LogP contribution in [-0.4, -0.2) is 6.54 Å². The van der Waals surface area contributed by atoms with E-state index in [-0.39, 0.29) is 11.9 Å². The number of halogens is 1. The van der Waals surface area contributed by atoms with Crippen LogP contribution in [0.5, 0.6) is 0 Å².